The minimum absolute atomic E-state index is 0.0102. The van der Waals surface area contributed by atoms with Gasteiger partial charge in [-0.1, -0.05) is 26.7 Å². The van der Waals surface area contributed by atoms with Crippen LogP contribution < -0.4 is 16.4 Å². The zero-order valence-electron chi connectivity index (χ0n) is 12.2. The Morgan fingerprint density at radius 2 is 1.79 bits per heavy atom. The largest absolute Gasteiger partial charge is 0.352 e. The summed E-state index contributed by atoms with van der Waals surface area (Å²) in [5, 5.41) is 5.53. The third-order valence-electron chi connectivity index (χ3n) is 3.94. The molecule has 1 rings (SSSR count). The summed E-state index contributed by atoms with van der Waals surface area (Å²) in [6.07, 6.45) is 4.88. The van der Waals surface area contributed by atoms with Crippen molar-refractivity contribution in [3.63, 3.8) is 0 Å². The highest BCUT2D eigenvalue weighted by Gasteiger charge is 2.23. The van der Waals surface area contributed by atoms with E-state index >= 15 is 0 Å². The molecular weight excluding hydrogens is 242 g/mol. The fourth-order valence-electron chi connectivity index (χ4n) is 2.47. The van der Waals surface area contributed by atoms with E-state index < -0.39 is 6.04 Å². The molecule has 1 aliphatic carbocycles. The SMILES string of the molecule is CC(C)[C@H](N)C(=O)NCC(=O)N[C@H](C)C1CCCC1. The summed E-state index contributed by atoms with van der Waals surface area (Å²) in [6, 6.07) is -0.370. The van der Waals surface area contributed by atoms with Gasteiger partial charge in [0.1, 0.15) is 0 Å². The van der Waals surface area contributed by atoms with Crippen molar-refractivity contribution < 1.29 is 9.59 Å². The molecule has 0 bridgehead atoms. The van der Waals surface area contributed by atoms with E-state index in [9.17, 15) is 9.59 Å². The number of carbonyl (C=O) groups is 2. The van der Waals surface area contributed by atoms with Crippen molar-refractivity contribution in [1.29, 1.82) is 0 Å². The predicted molar refractivity (Wildman–Crippen MR) is 75.4 cm³/mol. The van der Waals surface area contributed by atoms with Gasteiger partial charge < -0.3 is 16.4 Å². The summed E-state index contributed by atoms with van der Waals surface area (Å²) in [6.45, 7) is 5.81. The number of rotatable bonds is 6. The Morgan fingerprint density at radius 1 is 1.21 bits per heavy atom. The molecule has 0 heterocycles. The predicted octanol–water partition coefficient (Wildman–Crippen LogP) is 0.781. The molecule has 2 atom stereocenters. The highest BCUT2D eigenvalue weighted by atomic mass is 16.2. The summed E-state index contributed by atoms with van der Waals surface area (Å²) in [7, 11) is 0. The molecule has 0 aliphatic heterocycles. The fourth-order valence-corrected chi connectivity index (χ4v) is 2.47. The second-order valence-corrected chi connectivity index (χ2v) is 5.89. The maximum atomic E-state index is 11.7. The van der Waals surface area contributed by atoms with Crippen LogP contribution in [-0.4, -0.2) is 30.4 Å². The molecule has 0 aromatic carbocycles. The molecule has 0 spiro atoms. The van der Waals surface area contributed by atoms with Crippen LogP contribution in [-0.2, 0) is 9.59 Å². The second kappa shape index (κ2) is 7.48. The Morgan fingerprint density at radius 3 is 2.32 bits per heavy atom. The zero-order valence-corrected chi connectivity index (χ0v) is 12.2. The van der Waals surface area contributed by atoms with E-state index in [1.54, 1.807) is 0 Å². The lowest BCUT2D eigenvalue weighted by atomic mass is 10.00. The van der Waals surface area contributed by atoms with E-state index in [2.05, 4.69) is 10.6 Å². The van der Waals surface area contributed by atoms with Gasteiger partial charge in [-0.2, -0.15) is 0 Å². The van der Waals surface area contributed by atoms with E-state index in [0.717, 1.165) is 0 Å². The van der Waals surface area contributed by atoms with Crippen LogP contribution in [0.25, 0.3) is 0 Å². The summed E-state index contributed by atoms with van der Waals surface area (Å²) >= 11 is 0. The van der Waals surface area contributed by atoms with Crippen LogP contribution >= 0.6 is 0 Å². The standard InChI is InChI=1S/C14H27N3O2/c1-9(2)13(15)14(19)16-8-12(18)17-10(3)11-6-4-5-7-11/h9-11,13H,4-8,15H2,1-3H3,(H,16,19)(H,17,18)/t10-,13+/m1/s1. The number of nitrogens with one attached hydrogen (secondary N) is 2. The third-order valence-corrected chi connectivity index (χ3v) is 3.94. The quantitative estimate of drug-likeness (QED) is 0.666. The van der Waals surface area contributed by atoms with E-state index in [0.29, 0.717) is 5.92 Å². The molecule has 110 valence electrons. The minimum Gasteiger partial charge on any atom is -0.352 e. The monoisotopic (exact) mass is 269 g/mol. The zero-order chi connectivity index (χ0) is 14.4. The van der Waals surface area contributed by atoms with Crippen molar-refractivity contribution in [1.82, 2.24) is 10.6 Å². The highest BCUT2D eigenvalue weighted by molar-refractivity contribution is 5.87. The Bertz CT molecular complexity index is 312. The van der Waals surface area contributed by atoms with Crippen LogP contribution in [0.5, 0.6) is 0 Å². The first kappa shape index (κ1) is 16.0. The smallest absolute Gasteiger partial charge is 0.239 e. The highest BCUT2D eigenvalue weighted by Crippen LogP contribution is 2.27. The Labute approximate surface area is 115 Å². The first-order chi connectivity index (χ1) is 8.91. The van der Waals surface area contributed by atoms with Crippen molar-refractivity contribution in [2.75, 3.05) is 6.54 Å². The molecule has 19 heavy (non-hydrogen) atoms. The lowest BCUT2D eigenvalue weighted by Crippen LogP contribution is -2.48. The molecular formula is C14H27N3O2. The van der Waals surface area contributed by atoms with E-state index in [1.165, 1.54) is 25.7 Å². The first-order valence-corrected chi connectivity index (χ1v) is 7.24. The number of carbonyl (C=O) groups excluding carboxylic acids is 2. The summed E-state index contributed by atoms with van der Waals surface area (Å²) in [5.41, 5.74) is 5.70. The lowest BCUT2D eigenvalue weighted by Gasteiger charge is -2.21. The van der Waals surface area contributed by atoms with Crippen molar-refractivity contribution in [2.24, 2.45) is 17.6 Å². The molecule has 1 aliphatic rings. The molecule has 4 N–H and O–H groups in total. The molecule has 2 amide bonds. The van der Waals surface area contributed by atoms with Gasteiger partial charge in [0.05, 0.1) is 12.6 Å². The Kier molecular flexibility index (Phi) is 6.28. The topological polar surface area (TPSA) is 84.2 Å². The molecule has 0 radical (unpaired) electrons. The third kappa shape index (κ3) is 5.19. The Balaban J connectivity index is 2.25. The van der Waals surface area contributed by atoms with Crippen LogP contribution in [0.1, 0.15) is 46.5 Å². The molecule has 5 heteroatoms. The molecule has 5 nitrogen and oxygen atoms in total. The summed E-state index contributed by atoms with van der Waals surface area (Å²) in [4.78, 5) is 23.4. The summed E-state index contributed by atoms with van der Waals surface area (Å²) < 4.78 is 0. The van der Waals surface area contributed by atoms with Crippen LogP contribution in [0.3, 0.4) is 0 Å². The van der Waals surface area contributed by atoms with Gasteiger partial charge >= 0.3 is 0 Å². The molecule has 0 aromatic heterocycles. The normalized spacial score (nSPS) is 19.2. The van der Waals surface area contributed by atoms with Crippen LogP contribution in [0.4, 0.5) is 0 Å². The van der Waals surface area contributed by atoms with Gasteiger partial charge in [0.2, 0.25) is 11.8 Å². The van der Waals surface area contributed by atoms with Crippen LogP contribution in [0.2, 0.25) is 0 Å². The van der Waals surface area contributed by atoms with E-state index in [-0.39, 0.29) is 30.3 Å². The van der Waals surface area contributed by atoms with Gasteiger partial charge in [-0.25, -0.2) is 0 Å². The van der Waals surface area contributed by atoms with Gasteiger partial charge in [0.25, 0.3) is 0 Å². The van der Waals surface area contributed by atoms with E-state index in [4.69, 9.17) is 5.73 Å². The second-order valence-electron chi connectivity index (χ2n) is 5.89. The Hall–Kier alpha value is -1.10. The van der Waals surface area contributed by atoms with Gasteiger partial charge in [-0.15, -0.1) is 0 Å². The molecule has 0 unspecified atom stereocenters. The number of hydrogen-bond donors (Lipinski definition) is 3. The van der Waals surface area contributed by atoms with Crippen molar-refractivity contribution in [2.45, 2.75) is 58.5 Å². The molecule has 1 saturated carbocycles. The maximum absolute atomic E-state index is 11.7. The average Bonchev–Trinajstić information content (AvgIpc) is 2.88. The van der Waals surface area contributed by atoms with Crippen LogP contribution in [0, 0.1) is 11.8 Å². The van der Waals surface area contributed by atoms with Crippen molar-refractivity contribution >= 4 is 11.8 Å². The average molecular weight is 269 g/mol. The molecule has 0 aromatic rings. The molecule has 0 saturated heterocycles. The first-order valence-electron chi connectivity index (χ1n) is 7.24. The fraction of sp³-hybridized carbons (Fsp3) is 0.857. The van der Waals surface area contributed by atoms with Gasteiger partial charge in [-0.05, 0) is 31.6 Å². The summed E-state index contributed by atoms with van der Waals surface area (Å²) in [5.74, 6) is 0.250. The number of nitrogens with two attached hydrogens (primary N) is 1. The van der Waals surface area contributed by atoms with Gasteiger partial charge in [0.15, 0.2) is 0 Å². The van der Waals surface area contributed by atoms with Crippen molar-refractivity contribution in [3.8, 4) is 0 Å². The number of hydrogen-bond acceptors (Lipinski definition) is 3. The van der Waals surface area contributed by atoms with E-state index in [1.807, 2.05) is 20.8 Å². The lowest BCUT2D eigenvalue weighted by molar-refractivity contribution is -0.127. The molecule has 1 fully saturated rings. The van der Waals surface area contributed by atoms with Crippen molar-refractivity contribution in [3.05, 3.63) is 0 Å². The maximum Gasteiger partial charge on any atom is 0.239 e. The van der Waals surface area contributed by atoms with Gasteiger partial charge in [-0.3, -0.25) is 9.59 Å². The van der Waals surface area contributed by atoms with Crippen LogP contribution in [0.15, 0.2) is 0 Å². The van der Waals surface area contributed by atoms with Gasteiger partial charge in [0, 0.05) is 6.04 Å². The number of amides is 2. The minimum atomic E-state index is -0.556.